The van der Waals surface area contributed by atoms with Crippen molar-refractivity contribution in [3.05, 3.63) is 0 Å². The van der Waals surface area contributed by atoms with Gasteiger partial charge in [-0.3, -0.25) is 4.79 Å². The highest BCUT2D eigenvalue weighted by atomic mass is 32.2. The summed E-state index contributed by atoms with van der Waals surface area (Å²) in [6, 6.07) is -0.714. The fourth-order valence-corrected chi connectivity index (χ4v) is 5.04. The molecule has 2 aliphatic rings. The second-order valence-electron chi connectivity index (χ2n) is 6.37. The average Bonchev–Trinajstić information content (AvgIpc) is 3.02. The number of likely N-dealkylation sites (tertiary alicyclic amines) is 1. The number of aliphatic carboxylic acids is 1. The first-order valence-electron chi connectivity index (χ1n) is 8.38. The first-order valence-corrected chi connectivity index (χ1v) is 9.99. The van der Waals surface area contributed by atoms with Gasteiger partial charge in [0.25, 0.3) is 0 Å². The molecule has 2 heterocycles. The lowest BCUT2D eigenvalue weighted by molar-refractivity contribution is -0.150. The molecule has 1 amide bonds. The molecule has 0 bridgehead atoms. The number of piperidine rings is 1. The summed E-state index contributed by atoms with van der Waals surface area (Å²) >= 11 is 0. The summed E-state index contributed by atoms with van der Waals surface area (Å²) < 4.78 is 25.8. The number of unbranched alkanes of at least 4 members (excludes halogenated alkanes) is 1. The van der Waals surface area contributed by atoms with E-state index < -0.39 is 22.0 Å². The summed E-state index contributed by atoms with van der Waals surface area (Å²) in [5.41, 5.74) is 0. The van der Waals surface area contributed by atoms with E-state index in [-0.39, 0.29) is 17.6 Å². The molecular formula is C15H26N2O5S. The van der Waals surface area contributed by atoms with Gasteiger partial charge >= 0.3 is 5.97 Å². The van der Waals surface area contributed by atoms with Crippen LogP contribution < -0.4 is 0 Å². The van der Waals surface area contributed by atoms with E-state index in [1.54, 1.807) is 0 Å². The molecule has 2 fully saturated rings. The molecule has 23 heavy (non-hydrogen) atoms. The zero-order valence-electron chi connectivity index (χ0n) is 13.6. The molecule has 0 aromatic carbocycles. The molecule has 7 nitrogen and oxygen atoms in total. The first kappa shape index (κ1) is 18.2. The van der Waals surface area contributed by atoms with Crippen molar-refractivity contribution in [1.82, 2.24) is 9.21 Å². The predicted octanol–water partition coefficient (Wildman–Crippen LogP) is 0.904. The van der Waals surface area contributed by atoms with Gasteiger partial charge in [-0.1, -0.05) is 13.3 Å². The summed E-state index contributed by atoms with van der Waals surface area (Å²) in [6.45, 7) is 3.15. The van der Waals surface area contributed by atoms with Crippen LogP contribution in [0.4, 0.5) is 0 Å². The lowest BCUT2D eigenvalue weighted by atomic mass is 9.96. The molecule has 0 aromatic rings. The van der Waals surface area contributed by atoms with Gasteiger partial charge in [0.1, 0.15) is 6.04 Å². The van der Waals surface area contributed by atoms with Gasteiger partial charge < -0.3 is 10.0 Å². The lowest BCUT2D eigenvalue weighted by Gasteiger charge is -2.33. The molecule has 2 saturated heterocycles. The largest absolute Gasteiger partial charge is 0.480 e. The number of hydrogen-bond donors (Lipinski definition) is 1. The van der Waals surface area contributed by atoms with E-state index in [1.807, 2.05) is 6.92 Å². The van der Waals surface area contributed by atoms with E-state index in [9.17, 15) is 23.1 Å². The Bertz CT molecular complexity index is 540. The van der Waals surface area contributed by atoms with Crippen LogP contribution in [0.5, 0.6) is 0 Å². The van der Waals surface area contributed by atoms with Crippen LogP contribution in [0.25, 0.3) is 0 Å². The Morgan fingerprint density at radius 2 is 1.78 bits per heavy atom. The molecule has 0 unspecified atom stereocenters. The summed E-state index contributed by atoms with van der Waals surface area (Å²) in [5.74, 6) is -1.17. The zero-order valence-corrected chi connectivity index (χ0v) is 14.4. The highest BCUT2D eigenvalue weighted by Crippen LogP contribution is 2.26. The summed E-state index contributed by atoms with van der Waals surface area (Å²) in [5, 5.41) is 9.18. The van der Waals surface area contributed by atoms with E-state index in [1.165, 1.54) is 9.21 Å². The van der Waals surface area contributed by atoms with Crippen molar-refractivity contribution in [3.63, 3.8) is 0 Å². The first-order chi connectivity index (χ1) is 10.9. The Balaban J connectivity index is 1.91. The Labute approximate surface area is 137 Å². The van der Waals surface area contributed by atoms with Gasteiger partial charge in [-0.2, -0.15) is 0 Å². The molecule has 1 N–H and O–H groups in total. The maximum Gasteiger partial charge on any atom is 0.326 e. The van der Waals surface area contributed by atoms with Crippen LogP contribution in [0.15, 0.2) is 0 Å². The molecule has 0 aliphatic carbocycles. The van der Waals surface area contributed by atoms with Gasteiger partial charge in [-0.05, 0) is 32.1 Å². The van der Waals surface area contributed by atoms with Crippen molar-refractivity contribution >= 4 is 21.9 Å². The number of hydrogen-bond acceptors (Lipinski definition) is 4. The number of rotatable bonds is 6. The number of carboxylic acids is 1. The molecule has 2 rings (SSSR count). The Morgan fingerprint density at radius 1 is 1.13 bits per heavy atom. The van der Waals surface area contributed by atoms with E-state index in [2.05, 4.69) is 0 Å². The maximum absolute atomic E-state index is 12.5. The maximum atomic E-state index is 12.5. The zero-order chi connectivity index (χ0) is 17.0. The molecule has 0 aromatic heterocycles. The smallest absolute Gasteiger partial charge is 0.326 e. The molecule has 0 radical (unpaired) electrons. The fraction of sp³-hybridized carbons (Fsp3) is 0.867. The summed E-state index contributed by atoms with van der Waals surface area (Å²) in [4.78, 5) is 25.2. The van der Waals surface area contributed by atoms with Crippen LogP contribution in [0.3, 0.4) is 0 Å². The third-order valence-electron chi connectivity index (χ3n) is 4.77. The van der Waals surface area contributed by atoms with Gasteiger partial charge in [0, 0.05) is 25.6 Å². The quantitative estimate of drug-likeness (QED) is 0.771. The van der Waals surface area contributed by atoms with Crippen molar-refractivity contribution < 1.29 is 23.1 Å². The second-order valence-corrected chi connectivity index (χ2v) is 8.46. The van der Waals surface area contributed by atoms with E-state index in [0.717, 1.165) is 6.42 Å². The molecule has 132 valence electrons. The molecular weight excluding hydrogens is 320 g/mol. The van der Waals surface area contributed by atoms with Crippen LogP contribution in [0.2, 0.25) is 0 Å². The van der Waals surface area contributed by atoms with Gasteiger partial charge in [0.05, 0.1) is 5.75 Å². The predicted molar refractivity (Wildman–Crippen MR) is 85.4 cm³/mol. The number of nitrogens with zero attached hydrogens (tertiary/aromatic N) is 2. The van der Waals surface area contributed by atoms with E-state index >= 15 is 0 Å². The van der Waals surface area contributed by atoms with Crippen LogP contribution in [-0.4, -0.2) is 66.0 Å². The molecule has 2 aliphatic heterocycles. The van der Waals surface area contributed by atoms with Crippen molar-refractivity contribution in [1.29, 1.82) is 0 Å². The van der Waals surface area contributed by atoms with Crippen LogP contribution in [0.1, 0.15) is 45.4 Å². The average molecular weight is 346 g/mol. The minimum absolute atomic E-state index is 0.125. The number of carbonyl (C=O) groups excluding carboxylic acids is 1. The van der Waals surface area contributed by atoms with Crippen LogP contribution in [-0.2, 0) is 19.6 Å². The third kappa shape index (κ3) is 4.23. The van der Waals surface area contributed by atoms with Crippen LogP contribution in [0, 0.1) is 5.92 Å². The Hall–Kier alpha value is -1.15. The van der Waals surface area contributed by atoms with Crippen LogP contribution >= 0.6 is 0 Å². The van der Waals surface area contributed by atoms with Gasteiger partial charge in [-0.15, -0.1) is 0 Å². The van der Waals surface area contributed by atoms with E-state index in [4.69, 9.17) is 0 Å². The highest BCUT2D eigenvalue weighted by molar-refractivity contribution is 7.89. The lowest BCUT2D eigenvalue weighted by Crippen LogP contribution is -2.47. The minimum Gasteiger partial charge on any atom is -0.480 e. The van der Waals surface area contributed by atoms with Crippen molar-refractivity contribution in [2.45, 2.75) is 51.5 Å². The molecule has 0 saturated carbocycles. The monoisotopic (exact) mass is 346 g/mol. The van der Waals surface area contributed by atoms with E-state index in [0.29, 0.717) is 51.7 Å². The van der Waals surface area contributed by atoms with Gasteiger partial charge in [0.15, 0.2) is 0 Å². The standard InChI is InChI=1S/C15H26N2O5S/c1-2-3-11-23(21,22)16-9-6-12(7-10-16)14(18)17-8-4-5-13(17)15(19)20/h12-13H,2-11H2,1H3,(H,19,20)/t13-/m1/s1. The van der Waals surface area contributed by atoms with Gasteiger partial charge in [0.2, 0.25) is 15.9 Å². The fourth-order valence-electron chi connectivity index (χ4n) is 3.36. The molecule has 8 heteroatoms. The van der Waals surface area contributed by atoms with Crippen molar-refractivity contribution in [2.24, 2.45) is 5.92 Å². The summed E-state index contributed by atoms with van der Waals surface area (Å²) in [6.07, 6.45) is 3.66. The SMILES string of the molecule is CCCCS(=O)(=O)N1CCC(C(=O)N2CCC[C@@H]2C(=O)O)CC1. The minimum atomic E-state index is -3.22. The normalized spacial score (nSPS) is 24.0. The number of carboxylic acid groups (broad SMARTS) is 1. The number of sulfonamides is 1. The Kier molecular flexibility index (Phi) is 6.02. The van der Waals surface area contributed by atoms with Crippen molar-refractivity contribution in [3.8, 4) is 0 Å². The van der Waals surface area contributed by atoms with Crippen molar-refractivity contribution in [2.75, 3.05) is 25.4 Å². The third-order valence-corrected chi connectivity index (χ3v) is 6.73. The summed E-state index contributed by atoms with van der Waals surface area (Å²) in [7, 11) is -3.22. The second kappa shape index (κ2) is 7.61. The number of carbonyl (C=O) groups is 2. The molecule has 0 spiro atoms. The topological polar surface area (TPSA) is 95.0 Å². The molecule has 1 atom stereocenters. The Morgan fingerprint density at radius 3 is 2.35 bits per heavy atom. The van der Waals surface area contributed by atoms with Gasteiger partial charge in [-0.25, -0.2) is 17.5 Å². The number of amides is 1. The highest BCUT2D eigenvalue weighted by Gasteiger charge is 2.39.